The van der Waals surface area contributed by atoms with Gasteiger partial charge in [-0.2, -0.15) is 0 Å². The molecule has 0 aromatic heterocycles. The van der Waals surface area contributed by atoms with Crippen LogP contribution in [0.15, 0.2) is 30.3 Å². The van der Waals surface area contributed by atoms with Crippen molar-refractivity contribution in [2.75, 3.05) is 6.54 Å². The van der Waals surface area contributed by atoms with Crippen LogP contribution in [-0.2, 0) is 6.42 Å². The Labute approximate surface area is 105 Å². The molecule has 17 heavy (non-hydrogen) atoms. The predicted octanol–water partition coefficient (Wildman–Crippen LogP) is 3.79. The fraction of sp³-hybridized carbons (Fsp3) is 0.500. The van der Waals surface area contributed by atoms with Crippen LogP contribution in [0, 0.1) is 0 Å². The summed E-state index contributed by atoms with van der Waals surface area (Å²) in [6.45, 7) is 3.40. The van der Waals surface area contributed by atoms with Gasteiger partial charge in [-0.15, -0.1) is 0 Å². The second-order valence-electron chi connectivity index (χ2n) is 4.91. The van der Waals surface area contributed by atoms with E-state index in [0.717, 1.165) is 0 Å². The minimum Gasteiger partial charge on any atom is -0.311 e. The van der Waals surface area contributed by atoms with Crippen LogP contribution in [0.3, 0.4) is 0 Å². The van der Waals surface area contributed by atoms with E-state index in [2.05, 4.69) is 48.7 Å². The monoisotopic (exact) mass is 229 g/mol. The average molecular weight is 229 g/mol. The molecule has 1 nitrogen and oxygen atoms in total. The van der Waals surface area contributed by atoms with Crippen LogP contribution >= 0.6 is 0 Å². The molecule has 2 rings (SSSR count). The zero-order valence-corrected chi connectivity index (χ0v) is 10.8. The van der Waals surface area contributed by atoms with Gasteiger partial charge in [-0.3, -0.25) is 0 Å². The van der Waals surface area contributed by atoms with E-state index >= 15 is 0 Å². The van der Waals surface area contributed by atoms with Crippen molar-refractivity contribution in [3.63, 3.8) is 0 Å². The predicted molar refractivity (Wildman–Crippen MR) is 75.1 cm³/mol. The molecule has 0 aliphatic carbocycles. The molecule has 92 valence electrons. The van der Waals surface area contributed by atoms with Gasteiger partial charge in [-0.05, 0) is 36.9 Å². The largest absolute Gasteiger partial charge is 0.311 e. The lowest BCUT2D eigenvalue weighted by molar-refractivity contribution is 0.455. The molecule has 1 aromatic carbocycles. The summed E-state index contributed by atoms with van der Waals surface area (Å²) < 4.78 is 0. The normalized spacial score (nSPS) is 20.9. The number of hydrogen-bond donors (Lipinski definition) is 1. The van der Waals surface area contributed by atoms with Crippen molar-refractivity contribution in [1.82, 2.24) is 5.32 Å². The van der Waals surface area contributed by atoms with E-state index in [4.69, 9.17) is 0 Å². The Kier molecular flexibility index (Phi) is 4.81. The topological polar surface area (TPSA) is 12.0 Å². The van der Waals surface area contributed by atoms with Gasteiger partial charge in [-0.25, -0.2) is 0 Å². The van der Waals surface area contributed by atoms with Crippen molar-refractivity contribution in [1.29, 1.82) is 0 Å². The fourth-order valence-electron chi connectivity index (χ4n) is 2.35. The molecule has 1 heterocycles. The molecule has 1 atom stereocenters. The van der Waals surface area contributed by atoms with Crippen molar-refractivity contribution in [2.45, 2.75) is 45.1 Å². The van der Waals surface area contributed by atoms with Crippen molar-refractivity contribution in [3.05, 3.63) is 41.5 Å². The van der Waals surface area contributed by atoms with Gasteiger partial charge in [0.1, 0.15) is 0 Å². The second kappa shape index (κ2) is 6.61. The lowest BCUT2D eigenvalue weighted by atomic mass is 10.0. The van der Waals surface area contributed by atoms with Crippen LogP contribution < -0.4 is 5.32 Å². The highest BCUT2D eigenvalue weighted by atomic mass is 14.9. The first kappa shape index (κ1) is 12.4. The van der Waals surface area contributed by atoms with Gasteiger partial charge < -0.3 is 5.32 Å². The Balaban J connectivity index is 1.91. The van der Waals surface area contributed by atoms with Crippen molar-refractivity contribution in [3.8, 4) is 0 Å². The van der Waals surface area contributed by atoms with E-state index in [1.54, 1.807) is 0 Å². The molecule has 1 aliphatic rings. The number of aryl methyl sites for hydroxylation is 1. The Hall–Kier alpha value is -1.08. The molecule has 1 unspecified atom stereocenters. The minimum absolute atomic E-state index is 0.582. The Bertz CT molecular complexity index is 344. The number of nitrogens with one attached hydrogen (secondary N) is 1. The number of hydrogen-bond acceptors (Lipinski definition) is 1. The lowest BCUT2D eigenvalue weighted by Gasteiger charge is -2.20. The summed E-state index contributed by atoms with van der Waals surface area (Å²) in [5, 5.41) is 3.53. The molecule has 0 radical (unpaired) electrons. The second-order valence-corrected chi connectivity index (χ2v) is 4.91. The average Bonchev–Trinajstić information content (AvgIpc) is 2.40. The molecule has 0 bridgehead atoms. The van der Waals surface area contributed by atoms with Gasteiger partial charge >= 0.3 is 0 Å². The summed E-state index contributed by atoms with van der Waals surface area (Å²) in [6.07, 6.45) is 10.9. The smallest absolute Gasteiger partial charge is 0.0253 e. The SMILES string of the molecule is CCCc1ccc(/C=C/C2CCCCN2)cc1. The maximum Gasteiger partial charge on any atom is 0.0253 e. The molecule has 0 saturated carbocycles. The third-order valence-corrected chi connectivity index (χ3v) is 3.39. The number of piperidine rings is 1. The molecule has 1 N–H and O–H groups in total. The summed E-state index contributed by atoms with van der Waals surface area (Å²) in [5.41, 5.74) is 2.76. The van der Waals surface area contributed by atoms with Gasteiger partial charge in [0.25, 0.3) is 0 Å². The molecule has 1 saturated heterocycles. The van der Waals surface area contributed by atoms with E-state index < -0.39 is 0 Å². The summed E-state index contributed by atoms with van der Waals surface area (Å²) in [7, 11) is 0. The molecule has 0 spiro atoms. The van der Waals surface area contributed by atoms with Crippen LogP contribution in [0.25, 0.3) is 6.08 Å². The third-order valence-electron chi connectivity index (χ3n) is 3.39. The molecular formula is C16H23N. The number of benzene rings is 1. The summed E-state index contributed by atoms with van der Waals surface area (Å²) in [4.78, 5) is 0. The van der Waals surface area contributed by atoms with Crippen LogP contribution in [0.4, 0.5) is 0 Å². The van der Waals surface area contributed by atoms with Gasteiger partial charge in [0, 0.05) is 6.04 Å². The summed E-state index contributed by atoms with van der Waals surface area (Å²) in [5.74, 6) is 0. The quantitative estimate of drug-likeness (QED) is 0.828. The molecule has 1 aliphatic heterocycles. The van der Waals surface area contributed by atoms with Crippen LogP contribution in [-0.4, -0.2) is 12.6 Å². The van der Waals surface area contributed by atoms with Crippen LogP contribution in [0.1, 0.15) is 43.7 Å². The number of rotatable bonds is 4. The first-order chi connectivity index (χ1) is 8.38. The molecule has 0 amide bonds. The van der Waals surface area contributed by atoms with E-state index in [1.807, 2.05) is 0 Å². The molecule has 1 aromatic rings. The lowest BCUT2D eigenvalue weighted by Crippen LogP contribution is -2.31. The van der Waals surface area contributed by atoms with Gasteiger partial charge in [0.05, 0.1) is 0 Å². The molecular weight excluding hydrogens is 206 g/mol. The first-order valence-corrected chi connectivity index (χ1v) is 6.89. The highest BCUT2D eigenvalue weighted by molar-refractivity contribution is 5.50. The zero-order chi connectivity index (χ0) is 11.9. The maximum atomic E-state index is 3.53. The van der Waals surface area contributed by atoms with Crippen LogP contribution in [0.2, 0.25) is 0 Å². The highest BCUT2D eigenvalue weighted by Gasteiger charge is 2.07. The highest BCUT2D eigenvalue weighted by Crippen LogP contribution is 2.12. The van der Waals surface area contributed by atoms with Crippen molar-refractivity contribution >= 4 is 6.08 Å². The summed E-state index contributed by atoms with van der Waals surface area (Å²) in [6, 6.07) is 9.53. The fourth-order valence-corrected chi connectivity index (χ4v) is 2.35. The third kappa shape index (κ3) is 4.01. The molecule has 1 heteroatoms. The molecule has 1 fully saturated rings. The van der Waals surface area contributed by atoms with Gasteiger partial charge in [0.2, 0.25) is 0 Å². The standard InChI is InChI=1S/C16H23N/c1-2-5-14-7-9-15(10-8-14)11-12-16-6-3-4-13-17-16/h7-12,16-17H,2-6,13H2,1H3/b12-11+. The zero-order valence-electron chi connectivity index (χ0n) is 10.8. The van der Waals surface area contributed by atoms with Crippen molar-refractivity contribution < 1.29 is 0 Å². The Morgan fingerprint density at radius 1 is 1.24 bits per heavy atom. The Morgan fingerprint density at radius 3 is 2.71 bits per heavy atom. The van der Waals surface area contributed by atoms with E-state index in [1.165, 1.54) is 49.8 Å². The van der Waals surface area contributed by atoms with Gasteiger partial charge in [-0.1, -0.05) is 56.2 Å². The summed E-state index contributed by atoms with van der Waals surface area (Å²) >= 11 is 0. The van der Waals surface area contributed by atoms with E-state index in [0.29, 0.717) is 6.04 Å². The van der Waals surface area contributed by atoms with Gasteiger partial charge in [0.15, 0.2) is 0 Å². The first-order valence-electron chi connectivity index (χ1n) is 6.89. The van der Waals surface area contributed by atoms with E-state index in [-0.39, 0.29) is 0 Å². The Morgan fingerprint density at radius 2 is 2.06 bits per heavy atom. The maximum absolute atomic E-state index is 3.53. The van der Waals surface area contributed by atoms with Crippen molar-refractivity contribution in [2.24, 2.45) is 0 Å². The van der Waals surface area contributed by atoms with Crippen LogP contribution in [0.5, 0.6) is 0 Å². The minimum atomic E-state index is 0.582. The van der Waals surface area contributed by atoms with E-state index in [9.17, 15) is 0 Å².